The van der Waals surface area contributed by atoms with Crippen LogP contribution in [0.4, 0.5) is 13.2 Å². The van der Waals surface area contributed by atoms with E-state index in [0.717, 1.165) is 12.1 Å². The maximum atomic E-state index is 13.8. The molecule has 0 fully saturated rings. The molecule has 0 spiro atoms. The van der Waals surface area contributed by atoms with Crippen LogP contribution in [-0.4, -0.2) is 0 Å². The maximum absolute atomic E-state index is 13.8. The molecular weight excluding hydrogens is 307 g/mol. The van der Waals surface area contributed by atoms with Crippen LogP contribution in [0.15, 0.2) is 34.8 Å². The summed E-state index contributed by atoms with van der Waals surface area (Å²) in [6.07, 6.45) is 0. The van der Waals surface area contributed by atoms with Crippen LogP contribution in [0, 0.1) is 17.5 Å². The van der Waals surface area contributed by atoms with Crippen LogP contribution in [0.3, 0.4) is 0 Å². The fourth-order valence-electron chi connectivity index (χ4n) is 1.66. The highest BCUT2D eigenvalue weighted by atomic mass is 79.9. The van der Waals surface area contributed by atoms with Crippen LogP contribution < -0.4 is 5.73 Å². The van der Waals surface area contributed by atoms with Gasteiger partial charge in [0.1, 0.15) is 17.5 Å². The fraction of sp³-hybridized carbons (Fsp3) is 0.0769. The Balaban J connectivity index is 2.62. The van der Waals surface area contributed by atoms with Crippen molar-refractivity contribution < 1.29 is 13.2 Å². The summed E-state index contributed by atoms with van der Waals surface area (Å²) >= 11 is 2.97. The molecule has 2 rings (SSSR count). The van der Waals surface area contributed by atoms with Crippen molar-refractivity contribution in [3.63, 3.8) is 0 Å². The van der Waals surface area contributed by atoms with Gasteiger partial charge in [0.25, 0.3) is 0 Å². The molecule has 0 atom stereocenters. The van der Waals surface area contributed by atoms with E-state index < -0.39 is 17.5 Å². The van der Waals surface area contributed by atoms with Crippen LogP contribution in [0.1, 0.15) is 5.56 Å². The number of hydrogen-bond donors (Lipinski definition) is 1. The zero-order valence-corrected chi connectivity index (χ0v) is 10.8. The smallest absolute Gasteiger partial charge is 0.148 e. The molecule has 5 heteroatoms. The minimum absolute atomic E-state index is 0.0373. The van der Waals surface area contributed by atoms with E-state index in [1.165, 1.54) is 18.2 Å². The summed E-state index contributed by atoms with van der Waals surface area (Å²) in [7, 11) is 0. The van der Waals surface area contributed by atoms with Crippen molar-refractivity contribution >= 4 is 15.9 Å². The molecule has 0 aromatic heterocycles. The van der Waals surface area contributed by atoms with Gasteiger partial charge in [-0.1, -0.05) is 12.1 Å². The van der Waals surface area contributed by atoms with Crippen molar-refractivity contribution in [3.8, 4) is 11.1 Å². The second-order valence-electron chi connectivity index (χ2n) is 3.73. The molecule has 0 aliphatic carbocycles. The third-order valence-electron chi connectivity index (χ3n) is 2.61. The molecule has 0 aliphatic heterocycles. The Morgan fingerprint density at radius 2 is 1.72 bits per heavy atom. The first-order chi connectivity index (χ1) is 8.54. The second kappa shape index (κ2) is 5.12. The lowest BCUT2D eigenvalue weighted by Crippen LogP contribution is -2.00. The SMILES string of the molecule is NCc1ccc(-c2c(F)ccc(Br)c2F)cc1F. The van der Waals surface area contributed by atoms with Crippen molar-refractivity contribution in [3.05, 3.63) is 57.8 Å². The first-order valence-corrected chi connectivity index (χ1v) is 5.96. The third-order valence-corrected chi connectivity index (χ3v) is 3.22. The Morgan fingerprint density at radius 3 is 2.33 bits per heavy atom. The summed E-state index contributed by atoms with van der Waals surface area (Å²) in [4.78, 5) is 0. The molecule has 94 valence electrons. The normalized spacial score (nSPS) is 10.7. The number of hydrogen-bond acceptors (Lipinski definition) is 1. The number of nitrogens with two attached hydrogens (primary N) is 1. The molecule has 1 nitrogen and oxygen atoms in total. The van der Waals surface area contributed by atoms with Crippen molar-refractivity contribution in [2.75, 3.05) is 0 Å². The molecule has 0 heterocycles. The van der Waals surface area contributed by atoms with Gasteiger partial charge in [-0.15, -0.1) is 0 Å². The quantitative estimate of drug-likeness (QED) is 0.833. The topological polar surface area (TPSA) is 26.0 Å². The lowest BCUT2D eigenvalue weighted by atomic mass is 10.0. The first kappa shape index (κ1) is 13.1. The third kappa shape index (κ3) is 2.28. The van der Waals surface area contributed by atoms with Gasteiger partial charge in [0.15, 0.2) is 0 Å². The molecule has 0 amide bonds. The highest BCUT2D eigenvalue weighted by molar-refractivity contribution is 9.10. The Kier molecular flexibility index (Phi) is 3.73. The van der Waals surface area contributed by atoms with Gasteiger partial charge < -0.3 is 5.73 Å². The summed E-state index contributed by atoms with van der Waals surface area (Å²) in [6, 6.07) is 6.33. The molecule has 0 unspecified atom stereocenters. The zero-order chi connectivity index (χ0) is 13.3. The van der Waals surface area contributed by atoms with Gasteiger partial charge in [0.05, 0.1) is 10.0 Å². The average Bonchev–Trinajstić information content (AvgIpc) is 2.35. The van der Waals surface area contributed by atoms with Crippen LogP contribution in [0.25, 0.3) is 11.1 Å². The van der Waals surface area contributed by atoms with Crippen LogP contribution in [0.2, 0.25) is 0 Å². The number of halogens is 4. The summed E-state index contributed by atoms with van der Waals surface area (Å²) in [5, 5.41) is 0. The Hall–Kier alpha value is -1.33. The van der Waals surface area contributed by atoms with E-state index in [0.29, 0.717) is 5.56 Å². The van der Waals surface area contributed by atoms with E-state index in [1.54, 1.807) is 0 Å². The molecule has 18 heavy (non-hydrogen) atoms. The minimum Gasteiger partial charge on any atom is -0.326 e. The molecule has 2 aromatic rings. The van der Waals surface area contributed by atoms with Gasteiger partial charge in [-0.05, 0) is 39.7 Å². The second-order valence-corrected chi connectivity index (χ2v) is 4.58. The first-order valence-electron chi connectivity index (χ1n) is 5.17. The van der Waals surface area contributed by atoms with E-state index in [2.05, 4.69) is 15.9 Å². The molecular formula is C13H9BrF3N. The summed E-state index contributed by atoms with van der Waals surface area (Å²) < 4.78 is 41.1. The predicted molar refractivity (Wildman–Crippen MR) is 67.3 cm³/mol. The standard InChI is InChI=1S/C13H9BrF3N/c14-9-3-4-10(15)12(13(9)17)7-1-2-8(6-18)11(16)5-7/h1-5H,6,18H2. The molecule has 0 aliphatic rings. The lowest BCUT2D eigenvalue weighted by Gasteiger charge is -2.08. The number of rotatable bonds is 2. The Morgan fingerprint density at radius 1 is 1.00 bits per heavy atom. The number of benzene rings is 2. The Bertz CT molecular complexity index is 599. The average molecular weight is 316 g/mol. The molecule has 0 saturated carbocycles. The lowest BCUT2D eigenvalue weighted by molar-refractivity contribution is 0.584. The van der Waals surface area contributed by atoms with Gasteiger partial charge >= 0.3 is 0 Å². The summed E-state index contributed by atoms with van der Waals surface area (Å²) in [5.41, 5.74) is 5.51. The molecule has 0 saturated heterocycles. The van der Waals surface area contributed by atoms with E-state index in [-0.39, 0.29) is 22.1 Å². The van der Waals surface area contributed by atoms with Crippen molar-refractivity contribution in [2.24, 2.45) is 5.73 Å². The highest BCUT2D eigenvalue weighted by Crippen LogP contribution is 2.31. The molecule has 2 N–H and O–H groups in total. The monoisotopic (exact) mass is 315 g/mol. The Labute approximate surface area is 111 Å². The van der Waals surface area contributed by atoms with Crippen molar-refractivity contribution in [1.29, 1.82) is 0 Å². The van der Waals surface area contributed by atoms with Gasteiger partial charge in [0.2, 0.25) is 0 Å². The van der Waals surface area contributed by atoms with E-state index in [4.69, 9.17) is 5.73 Å². The van der Waals surface area contributed by atoms with Crippen molar-refractivity contribution in [2.45, 2.75) is 6.54 Å². The largest absolute Gasteiger partial charge is 0.326 e. The summed E-state index contributed by atoms with van der Waals surface area (Å²) in [6.45, 7) is 0.0373. The van der Waals surface area contributed by atoms with E-state index in [1.807, 2.05) is 0 Å². The maximum Gasteiger partial charge on any atom is 0.148 e. The van der Waals surface area contributed by atoms with E-state index in [9.17, 15) is 13.2 Å². The minimum atomic E-state index is -0.755. The van der Waals surface area contributed by atoms with Gasteiger partial charge in [-0.2, -0.15) is 0 Å². The molecule has 0 radical (unpaired) electrons. The van der Waals surface area contributed by atoms with E-state index >= 15 is 0 Å². The van der Waals surface area contributed by atoms with Crippen molar-refractivity contribution in [1.82, 2.24) is 0 Å². The van der Waals surface area contributed by atoms with Gasteiger partial charge in [0, 0.05) is 12.1 Å². The molecule has 2 aromatic carbocycles. The predicted octanol–water partition coefficient (Wildman–Crippen LogP) is 3.99. The summed E-state index contributed by atoms with van der Waals surface area (Å²) in [5.74, 6) is -2.07. The van der Waals surface area contributed by atoms with Crippen LogP contribution >= 0.6 is 15.9 Å². The molecule has 0 bridgehead atoms. The van der Waals surface area contributed by atoms with Gasteiger partial charge in [-0.25, -0.2) is 13.2 Å². The van der Waals surface area contributed by atoms with Gasteiger partial charge in [-0.3, -0.25) is 0 Å². The zero-order valence-electron chi connectivity index (χ0n) is 9.18. The van der Waals surface area contributed by atoms with Crippen LogP contribution in [0.5, 0.6) is 0 Å². The highest BCUT2D eigenvalue weighted by Gasteiger charge is 2.15. The van der Waals surface area contributed by atoms with Crippen LogP contribution in [-0.2, 0) is 6.54 Å². The fourth-order valence-corrected chi connectivity index (χ4v) is 1.99.